The smallest absolute Gasteiger partial charge is 0.261 e. The lowest BCUT2D eigenvalue weighted by Crippen LogP contribution is -2.41. The molecule has 118 valence electrons. The zero-order valence-corrected chi connectivity index (χ0v) is 13.5. The van der Waals surface area contributed by atoms with Gasteiger partial charge < -0.3 is 16.0 Å². The average Bonchev–Trinajstić information content (AvgIpc) is 3.01. The van der Waals surface area contributed by atoms with E-state index in [-0.39, 0.29) is 30.1 Å². The van der Waals surface area contributed by atoms with Crippen molar-refractivity contribution in [2.45, 2.75) is 19.3 Å². The molecule has 21 heavy (non-hydrogen) atoms. The number of nitrogens with one attached hydrogen (secondary N) is 3. The molecule has 1 aromatic rings. The monoisotopic (exact) mass is 331 g/mol. The Morgan fingerprint density at radius 2 is 2.14 bits per heavy atom. The van der Waals surface area contributed by atoms with E-state index < -0.39 is 0 Å². The number of carbonyl (C=O) groups excluding carboxylic acids is 2. The molecule has 0 radical (unpaired) electrons. The van der Waals surface area contributed by atoms with Crippen LogP contribution in [0.15, 0.2) is 17.5 Å². The number of hydrogen-bond acceptors (Lipinski definition) is 4. The predicted molar refractivity (Wildman–Crippen MR) is 87.1 cm³/mol. The van der Waals surface area contributed by atoms with Gasteiger partial charge in [-0.2, -0.15) is 0 Å². The molecule has 0 bridgehead atoms. The fourth-order valence-corrected chi connectivity index (χ4v) is 2.86. The van der Waals surface area contributed by atoms with Crippen molar-refractivity contribution in [1.29, 1.82) is 0 Å². The summed E-state index contributed by atoms with van der Waals surface area (Å²) < 4.78 is 0. The van der Waals surface area contributed by atoms with E-state index in [0.717, 1.165) is 37.2 Å². The molecule has 7 heteroatoms. The fourth-order valence-electron chi connectivity index (χ4n) is 2.22. The molecule has 2 heterocycles. The standard InChI is InChI=1S/C14H21N3O2S.ClH/c18-13(11-4-1-6-15-10-11)16-7-3-8-17-14(19)12-5-2-9-20-12;/h2,5,9,11,15H,1,3-4,6-8,10H2,(H,16,18)(H,17,19);1H. The van der Waals surface area contributed by atoms with Crippen molar-refractivity contribution in [2.75, 3.05) is 26.2 Å². The van der Waals surface area contributed by atoms with Gasteiger partial charge in [0.1, 0.15) is 0 Å². The van der Waals surface area contributed by atoms with Gasteiger partial charge in [0, 0.05) is 19.6 Å². The maximum Gasteiger partial charge on any atom is 0.261 e. The highest BCUT2D eigenvalue weighted by Gasteiger charge is 2.19. The van der Waals surface area contributed by atoms with Gasteiger partial charge in [0.2, 0.25) is 5.91 Å². The van der Waals surface area contributed by atoms with Gasteiger partial charge in [-0.1, -0.05) is 6.07 Å². The van der Waals surface area contributed by atoms with Crippen LogP contribution in [-0.4, -0.2) is 38.0 Å². The third kappa shape index (κ3) is 6.03. The molecule has 1 aliphatic heterocycles. The molecule has 2 rings (SSSR count). The Morgan fingerprint density at radius 1 is 1.33 bits per heavy atom. The largest absolute Gasteiger partial charge is 0.356 e. The van der Waals surface area contributed by atoms with Gasteiger partial charge in [0.25, 0.3) is 5.91 Å². The van der Waals surface area contributed by atoms with Crippen LogP contribution in [0.2, 0.25) is 0 Å². The van der Waals surface area contributed by atoms with Crippen molar-refractivity contribution in [2.24, 2.45) is 5.92 Å². The van der Waals surface area contributed by atoms with Crippen LogP contribution in [0.4, 0.5) is 0 Å². The van der Waals surface area contributed by atoms with E-state index in [9.17, 15) is 9.59 Å². The quantitative estimate of drug-likeness (QED) is 0.690. The van der Waals surface area contributed by atoms with E-state index in [2.05, 4.69) is 16.0 Å². The SMILES string of the molecule is Cl.O=C(NCCCNC(=O)C1CCCNC1)c1cccs1. The number of thiophene rings is 1. The number of rotatable bonds is 6. The highest BCUT2D eigenvalue weighted by Crippen LogP contribution is 2.09. The van der Waals surface area contributed by atoms with Crippen LogP contribution < -0.4 is 16.0 Å². The Morgan fingerprint density at radius 3 is 2.81 bits per heavy atom. The van der Waals surface area contributed by atoms with E-state index in [1.807, 2.05) is 11.4 Å². The van der Waals surface area contributed by atoms with Gasteiger partial charge >= 0.3 is 0 Å². The molecule has 0 aliphatic carbocycles. The zero-order chi connectivity index (χ0) is 14.2. The Kier molecular flexibility index (Phi) is 8.34. The van der Waals surface area contributed by atoms with Crippen molar-refractivity contribution in [3.8, 4) is 0 Å². The van der Waals surface area contributed by atoms with Gasteiger partial charge in [-0.25, -0.2) is 0 Å². The molecule has 1 fully saturated rings. The number of carbonyl (C=O) groups is 2. The highest BCUT2D eigenvalue weighted by atomic mass is 35.5. The van der Waals surface area contributed by atoms with Crippen LogP contribution in [0.25, 0.3) is 0 Å². The first-order chi connectivity index (χ1) is 9.77. The van der Waals surface area contributed by atoms with Gasteiger partial charge in [-0.15, -0.1) is 23.7 Å². The number of hydrogen-bond donors (Lipinski definition) is 3. The van der Waals surface area contributed by atoms with Crippen molar-refractivity contribution >= 4 is 35.6 Å². The fraction of sp³-hybridized carbons (Fsp3) is 0.571. The molecule has 1 aromatic heterocycles. The summed E-state index contributed by atoms with van der Waals surface area (Å²) in [6, 6.07) is 3.66. The third-order valence-corrected chi connectivity index (χ3v) is 4.22. The second-order valence-corrected chi connectivity index (χ2v) is 5.87. The van der Waals surface area contributed by atoms with E-state index in [0.29, 0.717) is 13.1 Å². The van der Waals surface area contributed by atoms with E-state index in [1.165, 1.54) is 11.3 Å². The molecular formula is C14H22ClN3O2S. The normalized spacial score (nSPS) is 17.6. The Balaban J connectivity index is 0.00000220. The Hall–Kier alpha value is -1.11. The third-order valence-electron chi connectivity index (χ3n) is 3.35. The first kappa shape index (κ1) is 17.9. The van der Waals surface area contributed by atoms with Crippen molar-refractivity contribution in [3.05, 3.63) is 22.4 Å². The van der Waals surface area contributed by atoms with Crippen LogP contribution in [0, 0.1) is 5.92 Å². The van der Waals surface area contributed by atoms with Crippen LogP contribution in [0.3, 0.4) is 0 Å². The summed E-state index contributed by atoms with van der Waals surface area (Å²) in [6.45, 7) is 2.99. The van der Waals surface area contributed by atoms with Crippen molar-refractivity contribution in [3.63, 3.8) is 0 Å². The molecule has 2 amide bonds. The second-order valence-electron chi connectivity index (χ2n) is 4.92. The van der Waals surface area contributed by atoms with Crippen LogP contribution in [0.5, 0.6) is 0 Å². The van der Waals surface area contributed by atoms with Gasteiger partial charge in [0.05, 0.1) is 10.8 Å². The number of amides is 2. The molecule has 0 saturated carbocycles. The van der Waals surface area contributed by atoms with Crippen molar-refractivity contribution < 1.29 is 9.59 Å². The maximum absolute atomic E-state index is 11.8. The van der Waals surface area contributed by atoms with Crippen LogP contribution >= 0.6 is 23.7 Å². The molecule has 1 atom stereocenters. The summed E-state index contributed by atoms with van der Waals surface area (Å²) >= 11 is 1.43. The highest BCUT2D eigenvalue weighted by molar-refractivity contribution is 7.12. The average molecular weight is 332 g/mol. The minimum Gasteiger partial charge on any atom is -0.356 e. The van der Waals surface area contributed by atoms with Crippen LogP contribution in [0.1, 0.15) is 28.9 Å². The van der Waals surface area contributed by atoms with Crippen molar-refractivity contribution in [1.82, 2.24) is 16.0 Å². The summed E-state index contributed by atoms with van der Waals surface area (Å²) in [7, 11) is 0. The first-order valence-electron chi connectivity index (χ1n) is 7.07. The summed E-state index contributed by atoms with van der Waals surface area (Å²) in [4.78, 5) is 24.2. The van der Waals surface area contributed by atoms with Gasteiger partial charge in [-0.3, -0.25) is 9.59 Å². The van der Waals surface area contributed by atoms with Gasteiger partial charge in [0.15, 0.2) is 0 Å². The van der Waals surface area contributed by atoms with E-state index in [4.69, 9.17) is 0 Å². The first-order valence-corrected chi connectivity index (χ1v) is 7.95. The lowest BCUT2D eigenvalue weighted by molar-refractivity contribution is -0.125. The molecule has 5 nitrogen and oxygen atoms in total. The molecule has 3 N–H and O–H groups in total. The number of halogens is 1. The summed E-state index contributed by atoms with van der Waals surface area (Å²) in [5.74, 6) is 0.189. The zero-order valence-electron chi connectivity index (χ0n) is 11.9. The topological polar surface area (TPSA) is 70.2 Å². The van der Waals surface area contributed by atoms with Gasteiger partial charge in [-0.05, 0) is 37.3 Å². The van der Waals surface area contributed by atoms with Crippen LogP contribution in [-0.2, 0) is 4.79 Å². The lowest BCUT2D eigenvalue weighted by atomic mass is 9.99. The number of piperidine rings is 1. The minimum absolute atomic E-state index is 0. The summed E-state index contributed by atoms with van der Waals surface area (Å²) in [6.07, 6.45) is 2.78. The second kappa shape index (κ2) is 9.76. The Bertz CT molecular complexity index is 433. The molecule has 1 unspecified atom stereocenters. The predicted octanol–water partition coefficient (Wildman–Crippen LogP) is 1.41. The molecule has 1 saturated heterocycles. The Labute approximate surface area is 135 Å². The molecule has 1 aliphatic rings. The van der Waals surface area contributed by atoms with E-state index >= 15 is 0 Å². The minimum atomic E-state index is -0.0391. The maximum atomic E-state index is 11.8. The van der Waals surface area contributed by atoms with E-state index in [1.54, 1.807) is 6.07 Å². The molecule has 0 aromatic carbocycles. The summed E-state index contributed by atoms with van der Waals surface area (Å²) in [5.41, 5.74) is 0. The summed E-state index contributed by atoms with van der Waals surface area (Å²) in [5, 5.41) is 10.9. The lowest BCUT2D eigenvalue weighted by Gasteiger charge is -2.21. The molecular weight excluding hydrogens is 310 g/mol. The molecule has 0 spiro atoms.